The molecule has 1 heterocycles. The first kappa shape index (κ1) is 20.6. The van der Waals surface area contributed by atoms with Crippen molar-refractivity contribution < 1.29 is 24.4 Å². The van der Waals surface area contributed by atoms with Crippen molar-refractivity contribution in [2.75, 3.05) is 13.1 Å². The summed E-state index contributed by atoms with van der Waals surface area (Å²) in [5, 5.41) is 25.8. The second-order valence-electron chi connectivity index (χ2n) is 7.65. The quantitative estimate of drug-likeness (QED) is 0.424. The molecule has 0 bridgehead atoms. The van der Waals surface area contributed by atoms with Gasteiger partial charge in [0.1, 0.15) is 5.75 Å². The Kier molecular flexibility index (Phi) is 6.93. The Hall–Kier alpha value is -2.10. The summed E-state index contributed by atoms with van der Waals surface area (Å²) < 4.78 is 5.42. The summed E-state index contributed by atoms with van der Waals surface area (Å²) in [7, 11) is -1.27. The summed E-state index contributed by atoms with van der Waals surface area (Å²) in [5.41, 5.74) is 6.20. The number of amides is 1. The van der Waals surface area contributed by atoms with Gasteiger partial charge < -0.3 is 31.2 Å². The Labute approximate surface area is 165 Å². The molecular formula is C19H28BN3O5. The van der Waals surface area contributed by atoms with E-state index in [1.54, 1.807) is 12.1 Å². The SMILES string of the molecule is NCCN[C@H]1CC[C@H](CC(=O)N[C@H]2Cc3cccc(C(=O)O)c3OB2O)CC1. The van der Waals surface area contributed by atoms with Crippen LogP contribution in [0.3, 0.4) is 0 Å². The average molecular weight is 389 g/mol. The second-order valence-corrected chi connectivity index (χ2v) is 7.65. The minimum absolute atomic E-state index is 0.0151. The molecule has 1 atom stereocenters. The van der Waals surface area contributed by atoms with Crippen molar-refractivity contribution in [3.8, 4) is 5.75 Å². The molecule has 1 amide bonds. The first-order valence-corrected chi connectivity index (χ1v) is 9.90. The van der Waals surface area contributed by atoms with Crippen LogP contribution in [0.1, 0.15) is 48.0 Å². The summed E-state index contributed by atoms with van der Waals surface area (Å²) >= 11 is 0. The van der Waals surface area contributed by atoms with Gasteiger partial charge in [0.05, 0.1) is 11.5 Å². The number of rotatable bonds is 7. The van der Waals surface area contributed by atoms with Crippen LogP contribution < -0.4 is 21.0 Å². The predicted molar refractivity (Wildman–Crippen MR) is 105 cm³/mol. The third kappa shape index (κ3) is 5.04. The van der Waals surface area contributed by atoms with Gasteiger partial charge in [-0.15, -0.1) is 0 Å². The lowest BCUT2D eigenvalue weighted by Gasteiger charge is -2.31. The largest absolute Gasteiger partial charge is 0.547 e. The zero-order valence-corrected chi connectivity index (χ0v) is 15.9. The van der Waals surface area contributed by atoms with Crippen molar-refractivity contribution in [3.05, 3.63) is 29.3 Å². The number of carboxylic acids is 1. The molecule has 3 rings (SSSR count). The molecule has 0 saturated heterocycles. The minimum Gasteiger partial charge on any atom is -0.534 e. The van der Waals surface area contributed by atoms with Crippen LogP contribution in [-0.4, -0.2) is 54.2 Å². The van der Waals surface area contributed by atoms with E-state index in [0.29, 0.717) is 36.9 Å². The maximum absolute atomic E-state index is 12.5. The van der Waals surface area contributed by atoms with Crippen molar-refractivity contribution in [2.45, 2.75) is 50.5 Å². The Morgan fingerprint density at radius 3 is 2.68 bits per heavy atom. The van der Waals surface area contributed by atoms with Crippen molar-refractivity contribution in [1.29, 1.82) is 0 Å². The second kappa shape index (κ2) is 9.40. The summed E-state index contributed by atoms with van der Waals surface area (Å²) in [5.74, 6) is -1.29. The molecule has 28 heavy (non-hydrogen) atoms. The van der Waals surface area contributed by atoms with Crippen LogP contribution >= 0.6 is 0 Å². The van der Waals surface area contributed by atoms with E-state index in [4.69, 9.17) is 10.4 Å². The molecule has 8 nitrogen and oxygen atoms in total. The fourth-order valence-electron chi connectivity index (χ4n) is 4.10. The summed E-state index contributed by atoms with van der Waals surface area (Å²) in [4.78, 5) is 23.8. The highest BCUT2D eigenvalue weighted by Gasteiger charge is 2.38. The molecule has 0 radical (unpaired) electrons. The highest BCUT2D eigenvalue weighted by atomic mass is 16.5. The molecule has 9 heteroatoms. The van der Waals surface area contributed by atoms with E-state index < -0.39 is 19.0 Å². The average Bonchev–Trinajstić information content (AvgIpc) is 2.67. The van der Waals surface area contributed by atoms with E-state index in [1.807, 2.05) is 0 Å². The number of benzene rings is 1. The van der Waals surface area contributed by atoms with Crippen molar-refractivity contribution >= 4 is 19.0 Å². The predicted octanol–water partition coefficient (Wildman–Crippen LogP) is 0.321. The zero-order chi connectivity index (χ0) is 20.1. The third-order valence-corrected chi connectivity index (χ3v) is 5.59. The van der Waals surface area contributed by atoms with Crippen LogP contribution in [0, 0.1) is 5.92 Å². The number of nitrogens with one attached hydrogen (secondary N) is 2. The molecule has 0 aromatic heterocycles. The maximum Gasteiger partial charge on any atom is 0.547 e. The van der Waals surface area contributed by atoms with Crippen molar-refractivity contribution in [2.24, 2.45) is 11.7 Å². The van der Waals surface area contributed by atoms with E-state index in [2.05, 4.69) is 10.6 Å². The Bertz CT molecular complexity index is 709. The molecule has 1 fully saturated rings. The van der Waals surface area contributed by atoms with Gasteiger partial charge in [-0.3, -0.25) is 4.79 Å². The van der Waals surface area contributed by atoms with Gasteiger partial charge in [0, 0.05) is 25.6 Å². The smallest absolute Gasteiger partial charge is 0.534 e. The van der Waals surface area contributed by atoms with Crippen molar-refractivity contribution in [3.63, 3.8) is 0 Å². The van der Waals surface area contributed by atoms with Crippen molar-refractivity contribution in [1.82, 2.24) is 10.6 Å². The molecule has 152 valence electrons. The summed E-state index contributed by atoms with van der Waals surface area (Å²) in [6.07, 6.45) is 4.82. The van der Waals surface area contributed by atoms with E-state index in [9.17, 15) is 19.7 Å². The number of nitrogens with two attached hydrogens (primary N) is 1. The Morgan fingerprint density at radius 1 is 1.25 bits per heavy atom. The number of carboxylic acid groups (broad SMARTS) is 1. The van der Waals surface area contributed by atoms with E-state index >= 15 is 0 Å². The standard InChI is InChI=1S/C19H28BN3O5/c21-8-9-22-14-6-4-12(5-7-14)10-17(24)23-16-11-13-2-1-3-15(19(25)26)18(13)28-20(16)27/h1-3,12,14,16,22,27H,4-11,21H2,(H,23,24)(H,25,26)/t12-,14-,16-/m0/s1. The van der Waals surface area contributed by atoms with Gasteiger partial charge in [0.2, 0.25) is 5.91 Å². The van der Waals surface area contributed by atoms with E-state index in [0.717, 1.165) is 32.2 Å². The fraction of sp³-hybridized carbons (Fsp3) is 0.579. The molecule has 1 aromatic carbocycles. The normalized spacial score (nSPS) is 24.2. The number of hydrogen-bond acceptors (Lipinski definition) is 6. The van der Waals surface area contributed by atoms with Crippen LogP contribution in [0.5, 0.6) is 5.75 Å². The number of carbonyl (C=O) groups excluding carboxylic acids is 1. The lowest BCUT2D eigenvalue weighted by Crippen LogP contribution is -2.53. The third-order valence-electron chi connectivity index (χ3n) is 5.59. The summed E-state index contributed by atoms with van der Waals surface area (Å²) in [6, 6.07) is 5.31. The Balaban J connectivity index is 1.51. The molecular weight excluding hydrogens is 361 g/mol. The van der Waals surface area contributed by atoms with Gasteiger partial charge in [-0.25, -0.2) is 4.79 Å². The first-order chi connectivity index (χ1) is 13.5. The Morgan fingerprint density at radius 2 is 2.00 bits per heavy atom. The van der Waals surface area contributed by atoms with Gasteiger partial charge in [-0.1, -0.05) is 12.1 Å². The first-order valence-electron chi connectivity index (χ1n) is 9.90. The lowest BCUT2D eigenvalue weighted by molar-refractivity contribution is -0.122. The van der Waals surface area contributed by atoms with E-state index in [-0.39, 0.29) is 17.2 Å². The molecule has 1 aromatic rings. The summed E-state index contributed by atoms with van der Waals surface area (Å²) in [6.45, 7) is 1.45. The molecule has 6 N–H and O–H groups in total. The van der Waals surface area contributed by atoms with Crippen LogP contribution in [0.2, 0.25) is 0 Å². The minimum atomic E-state index is -1.27. The molecule has 0 spiro atoms. The molecule has 1 saturated carbocycles. The highest BCUT2D eigenvalue weighted by molar-refractivity contribution is 6.47. The molecule has 0 unspecified atom stereocenters. The number of fused-ring (bicyclic) bond motifs is 1. The van der Waals surface area contributed by atoms with Gasteiger partial charge in [0.15, 0.2) is 0 Å². The van der Waals surface area contributed by atoms with Gasteiger partial charge in [-0.05, 0) is 49.7 Å². The van der Waals surface area contributed by atoms with Crippen LogP contribution in [-0.2, 0) is 11.2 Å². The number of para-hydroxylation sites is 1. The lowest BCUT2D eigenvalue weighted by atomic mass is 9.72. The van der Waals surface area contributed by atoms with Gasteiger partial charge in [-0.2, -0.15) is 0 Å². The zero-order valence-electron chi connectivity index (χ0n) is 15.9. The fourth-order valence-corrected chi connectivity index (χ4v) is 4.10. The molecule has 2 aliphatic rings. The maximum atomic E-state index is 12.5. The monoisotopic (exact) mass is 389 g/mol. The van der Waals surface area contributed by atoms with Gasteiger partial charge in [0.25, 0.3) is 0 Å². The molecule has 1 aliphatic carbocycles. The van der Waals surface area contributed by atoms with E-state index in [1.165, 1.54) is 6.07 Å². The number of aromatic carboxylic acids is 1. The van der Waals surface area contributed by atoms with Crippen LogP contribution in [0.15, 0.2) is 18.2 Å². The molecule has 1 aliphatic heterocycles. The van der Waals surface area contributed by atoms with Crippen LogP contribution in [0.4, 0.5) is 0 Å². The van der Waals surface area contributed by atoms with Gasteiger partial charge >= 0.3 is 13.1 Å². The van der Waals surface area contributed by atoms with Crippen LogP contribution in [0.25, 0.3) is 0 Å². The number of carbonyl (C=O) groups is 2. The topological polar surface area (TPSA) is 134 Å². The number of hydrogen-bond donors (Lipinski definition) is 5. The highest BCUT2D eigenvalue weighted by Crippen LogP contribution is 2.31.